The van der Waals surface area contributed by atoms with Crippen LogP contribution >= 0.6 is 11.6 Å². The molecule has 1 heterocycles. The topological polar surface area (TPSA) is 58.0 Å². The summed E-state index contributed by atoms with van der Waals surface area (Å²) >= 11 is 5.85. The molecule has 0 saturated carbocycles. The van der Waals surface area contributed by atoms with Crippen molar-refractivity contribution in [2.45, 2.75) is 19.4 Å². The highest BCUT2D eigenvalue weighted by Gasteiger charge is 2.07. The summed E-state index contributed by atoms with van der Waals surface area (Å²) < 4.78 is 0. The van der Waals surface area contributed by atoms with Gasteiger partial charge in [-0.3, -0.25) is 0 Å². The van der Waals surface area contributed by atoms with E-state index in [1.165, 1.54) is 0 Å². The van der Waals surface area contributed by atoms with Gasteiger partial charge < -0.3 is 10.4 Å². The van der Waals surface area contributed by atoms with E-state index in [4.69, 9.17) is 11.6 Å². The van der Waals surface area contributed by atoms with Crippen LogP contribution in [0.25, 0.3) is 10.9 Å². The summed E-state index contributed by atoms with van der Waals surface area (Å²) in [6.07, 6.45) is 0.312. The highest BCUT2D eigenvalue weighted by atomic mass is 35.5. The summed E-state index contributed by atoms with van der Waals surface area (Å²) in [6, 6.07) is 7.62. The quantitative estimate of drug-likeness (QED) is 0.820. The van der Waals surface area contributed by atoms with Gasteiger partial charge >= 0.3 is 0 Å². The molecule has 0 radical (unpaired) electrons. The van der Waals surface area contributed by atoms with Gasteiger partial charge in [0.05, 0.1) is 11.6 Å². The molecule has 2 rings (SSSR count). The molecule has 2 aromatic rings. The summed E-state index contributed by atoms with van der Waals surface area (Å²) in [4.78, 5) is 8.28. The predicted octanol–water partition coefficient (Wildman–Crippen LogP) is 2.47. The fraction of sp³-hybridized carbons (Fsp3) is 0.333. The number of fused-ring (bicyclic) bond motifs is 1. The minimum Gasteiger partial charge on any atom is -0.391 e. The zero-order valence-corrected chi connectivity index (χ0v) is 10.3. The van der Waals surface area contributed by atoms with Gasteiger partial charge in [-0.05, 0) is 30.2 Å². The van der Waals surface area contributed by atoms with E-state index in [1.807, 2.05) is 31.2 Å². The standard InChI is InChI=1S/C12H14ClN3O/c1-2-8(17)7-14-11-9-5-3-4-6-10(9)15-12(13)16-11/h3-6,8,17H,2,7H2,1H3,(H,14,15,16). The molecule has 1 unspecified atom stereocenters. The summed E-state index contributed by atoms with van der Waals surface area (Å²) in [7, 11) is 0. The Bertz CT molecular complexity index is 518. The van der Waals surface area contributed by atoms with Crippen molar-refractivity contribution in [3.05, 3.63) is 29.5 Å². The van der Waals surface area contributed by atoms with Crippen molar-refractivity contribution in [2.24, 2.45) is 0 Å². The SMILES string of the molecule is CCC(O)CNc1nc(Cl)nc2ccccc12. The van der Waals surface area contributed by atoms with E-state index in [2.05, 4.69) is 15.3 Å². The Morgan fingerprint density at radius 1 is 1.35 bits per heavy atom. The van der Waals surface area contributed by atoms with Gasteiger partial charge in [-0.1, -0.05) is 19.1 Å². The van der Waals surface area contributed by atoms with Crippen LogP contribution in [-0.2, 0) is 0 Å². The third-order valence-electron chi connectivity index (χ3n) is 2.55. The second kappa shape index (κ2) is 5.29. The number of hydrogen-bond donors (Lipinski definition) is 2. The predicted molar refractivity (Wildman–Crippen MR) is 69.3 cm³/mol. The number of aromatic nitrogens is 2. The average molecular weight is 252 g/mol. The Morgan fingerprint density at radius 3 is 2.88 bits per heavy atom. The molecule has 0 aliphatic carbocycles. The summed E-state index contributed by atoms with van der Waals surface area (Å²) in [6.45, 7) is 2.38. The smallest absolute Gasteiger partial charge is 0.224 e. The fourth-order valence-corrected chi connectivity index (χ4v) is 1.72. The van der Waals surface area contributed by atoms with E-state index in [0.717, 1.165) is 10.9 Å². The van der Waals surface area contributed by atoms with Crippen molar-refractivity contribution in [1.29, 1.82) is 0 Å². The Hall–Kier alpha value is -1.39. The van der Waals surface area contributed by atoms with Crippen LogP contribution in [0.15, 0.2) is 24.3 Å². The maximum absolute atomic E-state index is 9.52. The summed E-state index contributed by atoms with van der Waals surface area (Å²) in [5.41, 5.74) is 0.793. The molecule has 5 heteroatoms. The van der Waals surface area contributed by atoms with Crippen LogP contribution in [0.2, 0.25) is 5.28 Å². The molecular weight excluding hydrogens is 238 g/mol. The van der Waals surface area contributed by atoms with E-state index < -0.39 is 0 Å². The van der Waals surface area contributed by atoms with Gasteiger partial charge in [0, 0.05) is 11.9 Å². The Labute approximate surface area is 105 Å². The van der Waals surface area contributed by atoms with Crippen molar-refractivity contribution in [3.63, 3.8) is 0 Å². The highest BCUT2D eigenvalue weighted by molar-refractivity contribution is 6.28. The number of benzene rings is 1. The Balaban J connectivity index is 2.32. The number of rotatable bonds is 4. The number of nitrogens with zero attached hydrogens (tertiary/aromatic N) is 2. The first-order chi connectivity index (χ1) is 8.20. The maximum Gasteiger partial charge on any atom is 0.224 e. The van der Waals surface area contributed by atoms with Gasteiger partial charge in [-0.25, -0.2) is 9.97 Å². The lowest BCUT2D eigenvalue weighted by molar-refractivity contribution is 0.183. The lowest BCUT2D eigenvalue weighted by Gasteiger charge is -2.11. The molecule has 0 fully saturated rings. The first-order valence-corrected chi connectivity index (χ1v) is 5.92. The molecule has 90 valence electrons. The lowest BCUT2D eigenvalue weighted by atomic mass is 10.2. The normalized spacial score (nSPS) is 12.6. The number of aliphatic hydroxyl groups excluding tert-OH is 1. The molecule has 1 aromatic carbocycles. The summed E-state index contributed by atoms with van der Waals surface area (Å²) in [5.74, 6) is 0.660. The van der Waals surface area contributed by atoms with Crippen molar-refractivity contribution in [3.8, 4) is 0 Å². The van der Waals surface area contributed by atoms with E-state index in [-0.39, 0.29) is 11.4 Å². The second-order valence-electron chi connectivity index (χ2n) is 3.80. The van der Waals surface area contributed by atoms with E-state index in [0.29, 0.717) is 18.8 Å². The van der Waals surface area contributed by atoms with Gasteiger partial charge in [0.1, 0.15) is 5.82 Å². The van der Waals surface area contributed by atoms with Crippen molar-refractivity contribution in [2.75, 3.05) is 11.9 Å². The van der Waals surface area contributed by atoms with Crippen LogP contribution < -0.4 is 5.32 Å². The van der Waals surface area contributed by atoms with Crippen LogP contribution in [0.5, 0.6) is 0 Å². The minimum absolute atomic E-state index is 0.206. The average Bonchev–Trinajstić information content (AvgIpc) is 2.35. The van der Waals surface area contributed by atoms with Crippen LogP contribution in [0.4, 0.5) is 5.82 Å². The molecule has 1 atom stereocenters. The monoisotopic (exact) mass is 251 g/mol. The molecule has 4 nitrogen and oxygen atoms in total. The Morgan fingerprint density at radius 2 is 2.12 bits per heavy atom. The minimum atomic E-state index is -0.387. The molecule has 0 amide bonds. The van der Waals surface area contributed by atoms with Crippen LogP contribution in [0.3, 0.4) is 0 Å². The molecule has 1 aromatic heterocycles. The second-order valence-corrected chi connectivity index (χ2v) is 4.14. The molecule has 0 bridgehead atoms. The first kappa shape index (κ1) is 12.1. The largest absolute Gasteiger partial charge is 0.391 e. The van der Waals surface area contributed by atoms with Crippen LogP contribution in [0, 0.1) is 0 Å². The number of anilines is 1. The molecular formula is C12H14ClN3O. The van der Waals surface area contributed by atoms with Gasteiger partial charge in [0.2, 0.25) is 5.28 Å². The van der Waals surface area contributed by atoms with Gasteiger partial charge in [0.25, 0.3) is 0 Å². The van der Waals surface area contributed by atoms with Gasteiger partial charge in [-0.15, -0.1) is 0 Å². The van der Waals surface area contributed by atoms with Gasteiger partial charge in [0.15, 0.2) is 0 Å². The number of halogens is 1. The van der Waals surface area contributed by atoms with Crippen molar-refractivity contribution >= 4 is 28.3 Å². The zero-order chi connectivity index (χ0) is 12.3. The molecule has 2 N–H and O–H groups in total. The van der Waals surface area contributed by atoms with Crippen LogP contribution in [-0.4, -0.2) is 27.7 Å². The summed E-state index contributed by atoms with van der Waals surface area (Å²) in [5, 5.41) is 13.7. The zero-order valence-electron chi connectivity index (χ0n) is 9.52. The van der Waals surface area contributed by atoms with E-state index >= 15 is 0 Å². The van der Waals surface area contributed by atoms with Crippen molar-refractivity contribution < 1.29 is 5.11 Å². The molecule has 0 aliphatic heterocycles. The molecule has 0 aliphatic rings. The number of para-hydroxylation sites is 1. The highest BCUT2D eigenvalue weighted by Crippen LogP contribution is 2.21. The third kappa shape index (κ3) is 2.84. The van der Waals surface area contributed by atoms with E-state index in [9.17, 15) is 5.11 Å². The van der Waals surface area contributed by atoms with Crippen LogP contribution in [0.1, 0.15) is 13.3 Å². The third-order valence-corrected chi connectivity index (χ3v) is 2.72. The fourth-order valence-electron chi connectivity index (χ4n) is 1.54. The maximum atomic E-state index is 9.52. The van der Waals surface area contributed by atoms with Gasteiger partial charge in [-0.2, -0.15) is 0 Å². The molecule has 0 spiro atoms. The first-order valence-electron chi connectivity index (χ1n) is 5.55. The van der Waals surface area contributed by atoms with Crippen molar-refractivity contribution in [1.82, 2.24) is 9.97 Å². The van der Waals surface area contributed by atoms with E-state index in [1.54, 1.807) is 0 Å². The lowest BCUT2D eigenvalue weighted by Crippen LogP contribution is -2.19. The Kier molecular flexibility index (Phi) is 3.76. The number of hydrogen-bond acceptors (Lipinski definition) is 4. The number of nitrogens with one attached hydrogen (secondary N) is 1. The molecule has 0 saturated heterocycles. The molecule has 17 heavy (non-hydrogen) atoms. The number of aliphatic hydroxyl groups is 1.